The molecule has 0 atom stereocenters. The van der Waals surface area contributed by atoms with Gasteiger partial charge in [-0.1, -0.05) is 37.6 Å². The lowest BCUT2D eigenvalue weighted by atomic mass is 10.1. The zero-order valence-electron chi connectivity index (χ0n) is 10.0. The van der Waals surface area contributed by atoms with Gasteiger partial charge in [-0.25, -0.2) is 0 Å². The minimum atomic E-state index is 0.888. The summed E-state index contributed by atoms with van der Waals surface area (Å²) in [5, 5.41) is 0. The molecule has 0 N–H and O–H groups in total. The highest BCUT2D eigenvalue weighted by Gasteiger charge is 1.97. The number of aryl methyl sites for hydroxylation is 1. The van der Waals surface area contributed by atoms with Crippen LogP contribution < -0.4 is 0 Å². The monoisotopic (exact) mass is 224 g/mol. The minimum absolute atomic E-state index is 0.888. The summed E-state index contributed by atoms with van der Waals surface area (Å²) >= 11 is 0. The average Bonchev–Trinajstić information content (AvgIpc) is 2.39. The fourth-order valence-corrected chi connectivity index (χ4v) is 1.71. The number of hydrogen-bond donors (Lipinski definition) is 0. The van der Waals surface area contributed by atoms with Crippen LogP contribution in [0.1, 0.15) is 24.6 Å². The Morgan fingerprint density at radius 2 is 1.94 bits per heavy atom. The maximum atomic E-state index is 4.51. The molecule has 1 heterocycles. The van der Waals surface area contributed by atoms with E-state index >= 15 is 0 Å². The van der Waals surface area contributed by atoms with Crippen LogP contribution in [0, 0.1) is 0 Å². The van der Waals surface area contributed by atoms with Gasteiger partial charge in [0, 0.05) is 6.20 Å². The van der Waals surface area contributed by atoms with Gasteiger partial charge in [-0.3, -0.25) is 9.98 Å². The summed E-state index contributed by atoms with van der Waals surface area (Å²) in [4.78, 5) is 8.73. The smallest absolute Gasteiger partial charge is 0.0812 e. The Bertz CT molecular complexity index is 489. The second kappa shape index (κ2) is 5.94. The normalized spacial score (nSPS) is 10.9. The Morgan fingerprint density at radius 3 is 2.71 bits per heavy atom. The van der Waals surface area contributed by atoms with Crippen molar-refractivity contribution in [2.24, 2.45) is 4.99 Å². The Labute approximate surface area is 102 Å². The molecular formula is C15H16N2. The number of rotatable bonds is 4. The van der Waals surface area contributed by atoms with Crippen molar-refractivity contribution in [2.75, 3.05) is 0 Å². The van der Waals surface area contributed by atoms with Gasteiger partial charge in [0.25, 0.3) is 0 Å². The van der Waals surface area contributed by atoms with Gasteiger partial charge in [0.2, 0.25) is 0 Å². The van der Waals surface area contributed by atoms with Crippen LogP contribution >= 0.6 is 0 Å². The number of para-hydroxylation sites is 1. The van der Waals surface area contributed by atoms with Crippen molar-refractivity contribution in [1.82, 2.24) is 4.98 Å². The van der Waals surface area contributed by atoms with Gasteiger partial charge in [0.05, 0.1) is 17.6 Å². The molecule has 0 aliphatic heterocycles. The fraction of sp³-hybridized carbons (Fsp3) is 0.200. The molecule has 0 aliphatic rings. The molecule has 17 heavy (non-hydrogen) atoms. The van der Waals surface area contributed by atoms with Crippen molar-refractivity contribution in [1.29, 1.82) is 0 Å². The van der Waals surface area contributed by atoms with E-state index in [0.717, 1.165) is 24.2 Å². The van der Waals surface area contributed by atoms with E-state index in [2.05, 4.69) is 29.0 Å². The zero-order valence-corrected chi connectivity index (χ0v) is 10.0. The molecule has 2 heteroatoms. The quantitative estimate of drug-likeness (QED) is 0.725. The van der Waals surface area contributed by atoms with E-state index in [4.69, 9.17) is 0 Å². The van der Waals surface area contributed by atoms with Gasteiger partial charge in [0.1, 0.15) is 0 Å². The van der Waals surface area contributed by atoms with E-state index in [-0.39, 0.29) is 0 Å². The van der Waals surface area contributed by atoms with Gasteiger partial charge in [-0.15, -0.1) is 0 Å². The first-order chi connectivity index (χ1) is 8.40. The fourth-order valence-electron chi connectivity index (χ4n) is 1.71. The standard InChI is InChI=1S/C15H16N2/c1-2-7-13-8-3-4-10-15(13)17-12-14-9-5-6-11-16-14/h3-6,8-12H,2,7H2,1H3. The molecule has 0 unspecified atom stereocenters. The Morgan fingerprint density at radius 1 is 1.12 bits per heavy atom. The van der Waals surface area contributed by atoms with E-state index in [1.165, 1.54) is 5.56 Å². The summed E-state index contributed by atoms with van der Waals surface area (Å²) in [7, 11) is 0. The number of aromatic nitrogens is 1. The first-order valence-corrected chi connectivity index (χ1v) is 5.93. The first-order valence-electron chi connectivity index (χ1n) is 5.93. The molecule has 0 amide bonds. The number of nitrogens with zero attached hydrogens (tertiary/aromatic N) is 2. The number of aliphatic imine (C=N–C) groups is 1. The number of hydrogen-bond acceptors (Lipinski definition) is 2. The van der Waals surface area contributed by atoms with Gasteiger partial charge >= 0.3 is 0 Å². The molecule has 0 bridgehead atoms. The van der Waals surface area contributed by atoms with Crippen molar-refractivity contribution in [3.8, 4) is 0 Å². The Hall–Kier alpha value is -1.96. The molecule has 1 aromatic carbocycles. The predicted octanol–water partition coefficient (Wildman–Crippen LogP) is 3.78. The topological polar surface area (TPSA) is 25.2 Å². The average molecular weight is 224 g/mol. The maximum absolute atomic E-state index is 4.51. The highest BCUT2D eigenvalue weighted by Crippen LogP contribution is 2.19. The zero-order chi connectivity index (χ0) is 11.9. The second-order valence-electron chi connectivity index (χ2n) is 3.89. The minimum Gasteiger partial charge on any atom is -0.255 e. The SMILES string of the molecule is CCCc1ccccc1N=Cc1ccccn1. The van der Waals surface area contributed by atoms with Crippen LogP contribution in [-0.4, -0.2) is 11.2 Å². The van der Waals surface area contributed by atoms with Crippen LogP contribution in [0.25, 0.3) is 0 Å². The van der Waals surface area contributed by atoms with Gasteiger partial charge < -0.3 is 0 Å². The van der Waals surface area contributed by atoms with Crippen molar-refractivity contribution in [2.45, 2.75) is 19.8 Å². The number of benzene rings is 1. The summed E-state index contributed by atoms with van der Waals surface area (Å²) in [6.07, 6.45) is 5.79. The van der Waals surface area contributed by atoms with Gasteiger partial charge in [0.15, 0.2) is 0 Å². The summed E-state index contributed by atoms with van der Waals surface area (Å²) in [6, 6.07) is 14.1. The van der Waals surface area contributed by atoms with Crippen LogP contribution in [0.15, 0.2) is 53.7 Å². The molecule has 0 radical (unpaired) electrons. The Kier molecular flexibility index (Phi) is 4.03. The van der Waals surface area contributed by atoms with Crippen molar-refractivity contribution in [3.63, 3.8) is 0 Å². The lowest BCUT2D eigenvalue weighted by molar-refractivity contribution is 0.922. The van der Waals surface area contributed by atoms with Crippen molar-refractivity contribution < 1.29 is 0 Å². The second-order valence-corrected chi connectivity index (χ2v) is 3.89. The largest absolute Gasteiger partial charge is 0.255 e. The van der Waals surface area contributed by atoms with E-state index in [0.29, 0.717) is 0 Å². The molecule has 2 aromatic rings. The maximum Gasteiger partial charge on any atom is 0.0812 e. The first kappa shape index (κ1) is 11.5. The molecule has 2 nitrogen and oxygen atoms in total. The molecular weight excluding hydrogens is 208 g/mol. The van der Waals surface area contributed by atoms with Crippen LogP contribution in [0.4, 0.5) is 5.69 Å². The molecule has 0 spiro atoms. The summed E-state index contributed by atoms with van der Waals surface area (Å²) in [5.74, 6) is 0. The molecule has 0 aliphatic carbocycles. The lowest BCUT2D eigenvalue weighted by Crippen LogP contribution is -1.87. The lowest BCUT2D eigenvalue weighted by Gasteiger charge is -2.02. The van der Waals surface area contributed by atoms with Gasteiger partial charge in [-0.05, 0) is 30.2 Å². The summed E-state index contributed by atoms with van der Waals surface area (Å²) < 4.78 is 0. The highest BCUT2D eigenvalue weighted by molar-refractivity contribution is 5.79. The third-order valence-corrected chi connectivity index (χ3v) is 2.53. The van der Waals surface area contributed by atoms with E-state index in [1.54, 1.807) is 6.20 Å². The third kappa shape index (κ3) is 3.25. The van der Waals surface area contributed by atoms with Crippen LogP contribution in [0.2, 0.25) is 0 Å². The van der Waals surface area contributed by atoms with E-state index < -0.39 is 0 Å². The third-order valence-electron chi connectivity index (χ3n) is 2.53. The molecule has 86 valence electrons. The van der Waals surface area contributed by atoms with Crippen molar-refractivity contribution in [3.05, 3.63) is 59.9 Å². The molecule has 2 rings (SSSR count). The van der Waals surface area contributed by atoms with Gasteiger partial charge in [-0.2, -0.15) is 0 Å². The summed E-state index contributed by atoms with van der Waals surface area (Å²) in [5.41, 5.74) is 3.22. The number of pyridine rings is 1. The molecule has 0 saturated carbocycles. The molecule has 1 aromatic heterocycles. The van der Waals surface area contributed by atoms with E-state index in [9.17, 15) is 0 Å². The summed E-state index contributed by atoms with van der Waals surface area (Å²) in [6.45, 7) is 2.18. The van der Waals surface area contributed by atoms with E-state index in [1.807, 2.05) is 36.5 Å². The Balaban J connectivity index is 2.21. The molecule has 0 saturated heterocycles. The van der Waals surface area contributed by atoms with Crippen LogP contribution in [0.5, 0.6) is 0 Å². The molecule has 0 fully saturated rings. The predicted molar refractivity (Wildman–Crippen MR) is 71.9 cm³/mol. The highest BCUT2D eigenvalue weighted by atomic mass is 14.8. The van der Waals surface area contributed by atoms with Crippen LogP contribution in [-0.2, 0) is 6.42 Å². The van der Waals surface area contributed by atoms with Crippen molar-refractivity contribution >= 4 is 11.9 Å². The van der Waals surface area contributed by atoms with Crippen LogP contribution in [0.3, 0.4) is 0 Å².